The molecule has 0 bridgehead atoms. The van der Waals surface area contributed by atoms with Crippen molar-refractivity contribution >= 4 is 27.8 Å². The topological polar surface area (TPSA) is 55.4 Å². The Bertz CT molecular complexity index is 614. The minimum atomic E-state index is -0.332. The van der Waals surface area contributed by atoms with E-state index in [4.69, 9.17) is 4.74 Å². The van der Waals surface area contributed by atoms with E-state index in [2.05, 4.69) is 27.3 Å². The number of hydrogen-bond acceptors (Lipinski definition) is 3. The fourth-order valence-corrected chi connectivity index (χ4v) is 3.66. The third-order valence-corrected chi connectivity index (χ3v) is 4.82. The molecule has 1 fully saturated rings. The molecular weight excluding hydrogens is 346 g/mol. The molecule has 5 heteroatoms. The van der Waals surface area contributed by atoms with Crippen LogP contribution in [0.1, 0.15) is 18.4 Å². The van der Waals surface area contributed by atoms with Gasteiger partial charge >= 0.3 is 5.97 Å². The molecule has 116 valence electrons. The number of ether oxygens (including phenoxy) is 1. The van der Waals surface area contributed by atoms with E-state index < -0.39 is 0 Å². The molecule has 0 radical (unpaired) electrons. The molecule has 3 rings (SSSR count). The second kappa shape index (κ2) is 6.65. The molecule has 1 amide bonds. The number of carbonyl (C=O) groups is 2. The molecule has 22 heavy (non-hydrogen) atoms. The summed E-state index contributed by atoms with van der Waals surface area (Å²) in [5.41, 5.74) is 1.02. The van der Waals surface area contributed by atoms with Crippen LogP contribution in [0.25, 0.3) is 0 Å². The van der Waals surface area contributed by atoms with Gasteiger partial charge in [0.25, 0.3) is 0 Å². The van der Waals surface area contributed by atoms with Crippen molar-refractivity contribution in [1.82, 2.24) is 5.32 Å². The molecule has 1 saturated heterocycles. The van der Waals surface area contributed by atoms with Gasteiger partial charge in [0.15, 0.2) is 0 Å². The van der Waals surface area contributed by atoms with E-state index in [1.165, 1.54) is 0 Å². The lowest BCUT2D eigenvalue weighted by molar-refractivity contribution is -0.161. The van der Waals surface area contributed by atoms with Crippen molar-refractivity contribution in [2.75, 3.05) is 6.61 Å². The van der Waals surface area contributed by atoms with Crippen molar-refractivity contribution in [3.05, 3.63) is 46.5 Å². The van der Waals surface area contributed by atoms with Crippen LogP contribution in [-0.4, -0.2) is 18.5 Å². The van der Waals surface area contributed by atoms with Gasteiger partial charge in [0.1, 0.15) is 0 Å². The van der Waals surface area contributed by atoms with Crippen LogP contribution in [-0.2, 0) is 20.9 Å². The van der Waals surface area contributed by atoms with Crippen molar-refractivity contribution in [1.29, 1.82) is 0 Å². The molecule has 0 aromatic heterocycles. The Morgan fingerprint density at radius 3 is 3.09 bits per heavy atom. The summed E-state index contributed by atoms with van der Waals surface area (Å²) in [6.45, 7) is 0.918. The number of allylic oxidation sites excluding steroid dienone is 2. The van der Waals surface area contributed by atoms with E-state index in [-0.39, 0.29) is 29.6 Å². The number of amides is 1. The van der Waals surface area contributed by atoms with Gasteiger partial charge in [0, 0.05) is 11.0 Å². The summed E-state index contributed by atoms with van der Waals surface area (Å²) < 4.78 is 6.13. The summed E-state index contributed by atoms with van der Waals surface area (Å²) in [6, 6.07) is 7.81. The van der Waals surface area contributed by atoms with Crippen LogP contribution in [0.4, 0.5) is 0 Å². The highest BCUT2D eigenvalue weighted by Gasteiger charge is 2.42. The first-order valence-electron chi connectivity index (χ1n) is 7.50. The zero-order valence-corrected chi connectivity index (χ0v) is 13.7. The molecule has 1 aromatic rings. The monoisotopic (exact) mass is 363 g/mol. The molecule has 1 N–H and O–H groups in total. The highest BCUT2D eigenvalue weighted by Crippen LogP contribution is 2.36. The zero-order valence-electron chi connectivity index (χ0n) is 12.1. The number of fused-ring (bicyclic) bond motifs is 1. The van der Waals surface area contributed by atoms with E-state index in [9.17, 15) is 9.59 Å². The lowest BCUT2D eigenvalue weighted by atomic mass is 9.73. The van der Waals surface area contributed by atoms with Gasteiger partial charge < -0.3 is 10.1 Å². The van der Waals surface area contributed by atoms with Crippen molar-refractivity contribution in [2.45, 2.75) is 19.4 Å². The van der Waals surface area contributed by atoms with Gasteiger partial charge in [0.05, 0.1) is 18.4 Å². The van der Waals surface area contributed by atoms with Gasteiger partial charge in [-0.05, 0) is 36.5 Å². The van der Waals surface area contributed by atoms with Crippen LogP contribution in [0.5, 0.6) is 0 Å². The van der Waals surface area contributed by atoms with Crippen molar-refractivity contribution < 1.29 is 14.3 Å². The van der Waals surface area contributed by atoms with Gasteiger partial charge in [-0.15, -0.1) is 0 Å². The highest BCUT2D eigenvalue weighted by molar-refractivity contribution is 9.10. The summed E-state index contributed by atoms with van der Waals surface area (Å²) in [6.07, 6.45) is 5.48. The molecule has 1 heterocycles. The highest BCUT2D eigenvalue weighted by atomic mass is 79.9. The predicted octanol–water partition coefficient (Wildman–Crippen LogP) is 2.82. The number of esters is 1. The van der Waals surface area contributed by atoms with E-state index in [0.717, 1.165) is 16.5 Å². The average Bonchev–Trinajstić information content (AvgIpc) is 2.52. The minimum absolute atomic E-state index is 0.0711. The Balaban J connectivity index is 1.66. The van der Waals surface area contributed by atoms with Gasteiger partial charge in [-0.2, -0.15) is 0 Å². The summed E-state index contributed by atoms with van der Waals surface area (Å²) in [5, 5.41) is 2.95. The summed E-state index contributed by atoms with van der Waals surface area (Å²) in [4.78, 5) is 24.5. The first kappa shape index (κ1) is 15.3. The SMILES string of the molecule is O=C1OCC[C@H]2C=CC[C@@H](C(=O)NCc3cccc(Br)c3)[C@@H]12. The second-order valence-corrected chi connectivity index (χ2v) is 6.68. The summed E-state index contributed by atoms with van der Waals surface area (Å²) >= 11 is 3.42. The molecule has 1 aliphatic carbocycles. The number of benzene rings is 1. The van der Waals surface area contributed by atoms with Crippen LogP contribution in [0.15, 0.2) is 40.9 Å². The third kappa shape index (κ3) is 3.24. The van der Waals surface area contributed by atoms with Crippen molar-refractivity contribution in [2.24, 2.45) is 17.8 Å². The number of carbonyl (C=O) groups excluding carboxylic acids is 2. The van der Waals surface area contributed by atoms with Crippen LogP contribution >= 0.6 is 15.9 Å². The Labute approximate surface area is 138 Å². The summed E-state index contributed by atoms with van der Waals surface area (Å²) in [5.74, 6) is -0.825. The van der Waals surface area contributed by atoms with E-state index in [1.807, 2.05) is 30.3 Å². The largest absolute Gasteiger partial charge is 0.465 e. The molecule has 0 spiro atoms. The molecule has 0 unspecified atom stereocenters. The third-order valence-electron chi connectivity index (χ3n) is 4.33. The first-order chi connectivity index (χ1) is 10.6. The molecular formula is C17H18BrNO3. The maximum absolute atomic E-state index is 12.5. The maximum atomic E-state index is 12.5. The number of cyclic esters (lactones) is 1. The Kier molecular flexibility index (Phi) is 4.62. The normalized spacial score (nSPS) is 27.0. The molecule has 2 aliphatic rings. The quantitative estimate of drug-likeness (QED) is 0.663. The average molecular weight is 364 g/mol. The Morgan fingerprint density at radius 1 is 1.41 bits per heavy atom. The second-order valence-electron chi connectivity index (χ2n) is 5.76. The molecule has 3 atom stereocenters. The van der Waals surface area contributed by atoms with Gasteiger partial charge in [0.2, 0.25) is 5.91 Å². The Morgan fingerprint density at radius 2 is 2.27 bits per heavy atom. The number of rotatable bonds is 3. The number of hydrogen-bond donors (Lipinski definition) is 1. The van der Waals surface area contributed by atoms with Gasteiger partial charge in [-0.25, -0.2) is 0 Å². The van der Waals surface area contributed by atoms with Crippen molar-refractivity contribution in [3.8, 4) is 0 Å². The lowest BCUT2D eigenvalue weighted by Gasteiger charge is -2.35. The van der Waals surface area contributed by atoms with E-state index in [0.29, 0.717) is 19.6 Å². The van der Waals surface area contributed by atoms with Crippen LogP contribution in [0, 0.1) is 17.8 Å². The maximum Gasteiger partial charge on any atom is 0.310 e. The van der Waals surface area contributed by atoms with Crippen LogP contribution in [0.3, 0.4) is 0 Å². The van der Waals surface area contributed by atoms with Gasteiger partial charge in [-0.1, -0.05) is 40.2 Å². The molecule has 1 aromatic carbocycles. The van der Waals surface area contributed by atoms with Crippen LogP contribution in [0.2, 0.25) is 0 Å². The predicted molar refractivity (Wildman–Crippen MR) is 85.8 cm³/mol. The standard InChI is InChI=1S/C17H18BrNO3/c18-13-5-1-3-11(9-13)10-19-16(20)14-6-2-4-12-7-8-22-17(21)15(12)14/h1-5,9,12,14-15H,6-8,10H2,(H,19,20)/t12-,14-,15+/m1/s1. The van der Waals surface area contributed by atoms with E-state index in [1.54, 1.807) is 0 Å². The first-order valence-corrected chi connectivity index (χ1v) is 8.30. The minimum Gasteiger partial charge on any atom is -0.465 e. The summed E-state index contributed by atoms with van der Waals surface area (Å²) in [7, 11) is 0. The fourth-order valence-electron chi connectivity index (χ4n) is 3.21. The Hall–Kier alpha value is -1.62. The van der Waals surface area contributed by atoms with Gasteiger partial charge in [-0.3, -0.25) is 9.59 Å². The molecule has 4 nitrogen and oxygen atoms in total. The van der Waals surface area contributed by atoms with E-state index >= 15 is 0 Å². The number of halogens is 1. The van der Waals surface area contributed by atoms with Crippen LogP contribution < -0.4 is 5.32 Å². The van der Waals surface area contributed by atoms with Crippen molar-refractivity contribution in [3.63, 3.8) is 0 Å². The smallest absolute Gasteiger partial charge is 0.310 e. The molecule has 1 aliphatic heterocycles. The lowest BCUT2D eigenvalue weighted by Crippen LogP contribution is -2.45. The zero-order chi connectivity index (χ0) is 15.5. The molecule has 0 saturated carbocycles. The number of nitrogens with one attached hydrogen (secondary N) is 1. The fraction of sp³-hybridized carbons (Fsp3) is 0.412.